The number of aromatic nitrogens is 2. The quantitative estimate of drug-likeness (QED) is 0.860. The van der Waals surface area contributed by atoms with Gasteiger partial charge in [0.15, 0.2) is 0 Å². The van der Waals surface area contributed by atoms with Crippen LogP contribution in [-0.2, 0) is 0 Å². The highest BCUT2D eigenvalue weighted by molar-refractivity contribution is 5.49. The van der Waals surface area contributed by atoms with E-state index in [9.17, 15) is 0 Å². The second-order valence-corrected chi connectivity index (χ2v) is 6.13. The Balaban J connectivity index is 1.76. The van der Waals surface area contributed by atoms with E-state index in [0.29, 0.717) is 5.92 Å². The number of hydrogen-bond acceptors (Lipinski definition) is 4. The first-order valence-corrected chi connectivity index (χ1v) is 8.03. The van der Waals surface area contributed by atoms with Crippen molar-refractivity contribution in [2.45, 2.75) is 58.3 Å². The lowest BCUT2D eigenvalue weighted by Gasteiger charge is -2.16. The maximum Gasteiger partial charge on any atom is 0.221 e. The monoisotopic (exact) mass is 275 g/mol. The number of hydrogen-bond donors (Lipinski definition) is 1. The molecular weight excluding hydrogens is 250 g/mol. The van der Waals surface area contributed by atoms with Gasteiger partial charge in [-0.05, 0) is 45.4 Å². The second kappa shape index (κ2) is 5.98. The number of rotatable bonds is 6. The average molecular weight is 275 g/mol. The lowest BCUT2D eigenvalue weighted by molar-refractivity contribution is 0.241. The van der Waals surface area contributed by atoms with E-state index < -0.39 is 0 Å². The van der Waals surface area contributed by atoms with Gasteiger partial charge in [0.1, 0.15) is 11.6 Å². The highest BCUT2D eigenvalue weighted by Gasteiger charge is 2.28. The highest BCUT2D eigenvalue weighted by Crippen LogP contribution is 2.40. The summed E-state index contributed by atoms with van der Waals surface area (Å²) in [6.07, 6.45) is 7.76. The van der Waals surface area contributed by atoms with Crippen LogP contribution in [0.3, 0.4) is 0 Å². The summed E-state index contributed by atoms with van der Waals surface area (Å²) >= 11 is 0. The summed E-state index contributed by atoms with van der Waals surface area (Å²) in [5, 5.41) is 3.34. The Morgan fingerprint density at radius 1 is 1.15 bits per heavy atom. The molecule has 4 heteroatoms. The van der Waals surface area contributed by atoms with Gasteiger partial charge < -0.3 is 10.1 Å². The van der Waals surface area contributed by atoms with Crippen LogP contribution in [0, 0.1) is 12.8 Å². The van der Waals surface area contributed by atoms with Crippen molar-refractivity contribution in [2.24, 2.45) is 5.92 Å². The summed E-state index contributed by atoms with van der Waals surface area (Å²) in [6, 6.07) is 0. The molecule has 110 valence electrons. The van der Waals surface area contributed by atoms with Gasteiger partial charge in [0.25, 0.3) is 0 Å². The van der Waals surface area contributed by atoms with Crippen molar-refractivity contribution in [3.05, 3.63) is 11.4 Å². The summed E-state index contributed by atoms with van der Waals surface area (Å²) < 4.78 is 6.04. The van der Waals surface area contributed by atoms with Gasteiger partial charge in [0.2, 0.25) is 5.88 Å². The fraction of sp³-hybridized carbons (Fsp3) is 0.750. The van der Waals surface area contributed by atoms with Gasteiger partial charge >= 0.3 is 0 Å². The molecule has 2 saturated carbocycles. The highest BCUT2D eigenvalue weighted by atomic mass is 16.5. The van der Waals surface area contributed by atoms with Crippen LogP contribution in [0.1, 0.15) is 62.8 Å². The molecule has 2 aliphatic rings. The van der Waals surface area contributed by atoms with Crippen molar-refractivity contribution in [2.75, 3.05) is 18.5 Å². The summed E-state index contributed by atoms with van der Waals surface area (Å²) in [4.78, 5) is 9.33. The smallest absolute Gasteiger partial charge is 0.221 e. The molecule has 0 bridgehead atoms. The zero-order valence-electron chi connectivity index (χ0n) is 12.6. The van der Waals surface area contributed by atoms with Crippen LogP contribution >= 0.6 is 0 Å². The fourth-order valence-corrected chi connectivity index (χ4v) is 2.89. The third kappa shape index (κ3) is 3.05. The molecule has 2 aliphatic carbocycles. The molecule has 0 amide bonds. The third-order valence-corrected chi connectivity index (χ3v) is 4.34. The van der Waals surface area contributed by atoms with Crippen molar-refractivity contribution >= 4 is 5.82 Å². The minimum Gasteiger partial charge on any atom is -0.477 e. The second-order valence-electron chi connectivity index (χ2n) is 6.13. The normalized spacial score (nSPS) is 19.3. The molecule has 20 heavy (non-hydrogen) atoms. The van der Waals surface area contributed by atoms with Crippen LogP contribution in [0.5, 0.6) is 5.88 Å². The molecule has 0 unspecified atom stereocenters. The molecule has 1 N–H and O–H groups in total. The summed E-state index contributed by atoms with van der Waals surface area (Å²) in [5.74, 6) is 3.99. The van der Waals surface area contributed by atoms with Crippen LogP contribution in [0.2, 0.25) is 0 Å². The Morgan fingerprint density at radius 3 is 2.55 bits per heavy atom. The van der Waals surface area contributed by atoms with E-state index in [4.69, 9.17) is 4.74 Å². The van der Waals surface area contributed by atoms with Gasteiger partial charge in [0.05, 0.1) is 12.2 Å². The minimum atomic E-state index is 0.557. The molecule has 0 aromatic carbocycles. The number of ether oxygens (including phenoxy) is 1. The minimum absolute atomic E-state index is 0.557. The molecular formula is C16H25N3O. The largest absolute Gasteiger partial charge is 0.477 e. The molecule has 0 spiro atoms. The van der Waals surface area contributed by atoms with E-state index in [1.54, 1.807) is 0 Å². The molecule has 3 rings (SSSR count). The molecule has 1 heterocycles. The Bertz CT molecular complexity index is 465. The van der Waals surface area contributed by atoms with E-state index in [-0.39, 0.29) is 0 Å². The fourth-order valence-electron chi connectivity index (χ4n) is 2.89. The molecule has 0 saturated heterocycles. The summed E-state index contributed by atoms with van der Waals surface area (Å²) in [5.41, 5.74) is 1.05. The summed E-state index contributed by atoms with van der Waals surface area (Å²) in [6.45, 7) is 5.84. The molecule has 1 aromatic heterocycles. The number of nitrogens with one attached hydrogen (secondary N) is 1. The Labute approximate surface area is 121 Å². The number of anilines is 1. The number of nitrogens with zero attached hydrogens (tertiary/aromatic N) is 2. The Hall–Kier alpha value is -1.32. The van der Waals surface area contributed by atoms with Gasteiger partial charge in [0, 0.05) is 12.5 Å². The molecule has 4 nitrogen and oxygen atoms in total. The van der Waals surface area contributed by atoms with E-state index in [1.165, 1.54) is 38.5 Å². The van der Waals surface area contributed by atoms with Crippen LogP contribution in [0.4, 0.5) is 5.82 Å². The van der Waals surface area contributed by atoms with Crippen molar-refractivity contribution in [3.63, 3.8) is 0 Å². The lowest BCUT2D eigenvalue weighted by Crippen LogP contribution is -2.13. The van der Waals surface area contributed by atoms with Crippen molar-refractivity contribution < 1.29 is 4.74 Å². The van der Waals surface area contributed by atoms with Crippen LogP contribution in [-0.4, -0.2) is 23.1 Å². The molecule has 0 atom stereocenters. The van der Waals surface area contributed by atoms with E-state index >= 15 is 0 Å². The first kappa shape index (κ1) is 13.7. The molecule has 0 radical (unpaired) electrons. The van der Waals surface area contributed by atoms with E-state index in [0.717, 1.165) is 42.2 Å². The zero-order chi connectivity index (χ0) is 13.9. The molecule has 0 aliphatic heterocycles. The van der Waals surface area contributed by atoms with E-state index in [2.05, 4.69) is 29.1 Å². The maximum absolute atomic E-state index is 6.04. The van der Waals surface area contributed by atoms with Gasteiger partial charge in [-0.25, -0.2) is 4.98 Å². The van der Waals surface area contributed by atoms with Crippen LogP contribution < -0.4 is 10.1 Å². The Morgan fingerprint density at radius 2 is 1.90 bits per heavy atom. The first-order valence-electron chi connectivity index (χ1n) is 8.03. The van der Waals surface area contributed by atoms with Crippen molar-refractivity contribution in [1.82, 2.24) is 9.97 Å². The van der Waals surface area contributed by atoms with Crippen molar-refractivity contribution in [1.29, 1.82) is 0 Å². The maximum atomic E-state index is 6.04. The van der Waals surface area contributed by atoms with E-state index in [1.807, 2.05) is 0 Å². The molecule has 1 aromatic rings. The van der Waals surface area contributed by atoms with Gasteiger partial charge in [-0.1, -0.05) is 12.8 Å². The SMILES string of the molecule is CCNc1nc(C2CC2)nc(OCC2CCCC2)c1C. The van der Waals surface area contributed by atoms with Crippen LogP contribution in [0.25, 0.3) is 0 Å². The average Bonchev–Trinajstić information content (AvgIpc) is 3.17. The molecule has 2 fully saturated rings. The van der Waals surface area contributed by atoms with Crippen molar-refractivity contribution in [3.8, 4) is 5.88 Å². The van der Waals surface area contributed by atoms with Crippen LogP contribution in [0.15, 0.2) is 0 Å². The van der Waals surface area contributed by atoms with Gasteiger partial charge in [-0.3, -0.25) is 0 Å². The van der Waals surface area contributed by atoms with Gasteiger partial charge in [-0.2, -0.15) is 4.98 Å². The van der Waals surface area contributed by atoms with Gasteiger partial charge in [-0.15, -0.1) is 0 Å². The first-order chi connectivity index (χ1) is 9.78. The standard InChI is InChI=1S/C16H25N3O/c1-3-17-14-11(2)16(19-15(18-14)13-8-9-13)20-10-12-6-4-5-7-12/h12-13H,3-10H2,1-2H3,(H,17,18,19). The predicted octanol–water partition coefficient (Wildman–Crippen LogP) is 3.66. The lowest BCUT2D eigenvalue weighted by atomic mass is 10.1. The zero-order valence-corrected chi connectivity index (χ0v) is 12.6. The topological polar surface area (TPSA) is 47.0 Å². The predicted molar refractivity (Wildman–Crippen MR) is 80.4 cm³/mol. The Kier molecular flexibility index (Phi) is 4.08. The summed E-state index contributed by atoms with van der Waals surface area (Å²) in [7, 11) is 0. The third-order valence-electron chi connectivity index (χ3n) is 4.34.